The highest BCUT2D eigenvalue weighted by Gasteiger charge is 2.45. The van der Waals surface area contributed by atoms with Gasteiger partial charge < -0.3 is 58.0 Å². The molecule has 0 heterocycles. The second-order valence-electron chi connectivity index (χ2n) is 18.3. The van der Waals surface area contributed by atoms with Crippen LogP contribution in [0.3, 0.4) is 0 Å². The molecule has 20 nitrogen and oxygen atoms in total. The van der Waals surface area contributed by atoms with E-state index >= 15 is 0 Å². The highest BCUT2D eigenvalue weighted by atomic mass is 16.7. The number of hydrogen-bond donors (Lipinski definition) is 2. The largest absolute Gasteiger partial charge is 0.508 e. The zero-order chi connectivity index (χ0) is 52.5. The van der Waals surface area contributed by atoms with Crippen LogP contribution in [0.1, 0.15) is 105 Å². The molecule has 1 aliphatic rings. The molecule has 394 valence electrons. The summed E-state index contributed by atoms with van der Waals surface area (Å²) >= 11 is 0. The second kappa shape index (κ2) is 33.4. The first-order valence-corrected chi connectivity index (χ1v) is 23.4. The van der Waals surface area contributed by atoms with Crippen molar-refractivity contribution >= 4 is 48.2 Å². The molecule has 20 heteroatoms. The van der Waals surface area contributed by atoms with Gasteiger partial charge in [-0.1, -0.05) is 79.3 Å². The predicted octanol–water partition coefficient (Wildman–Crippen LogP) is 7.10. The number of unbranched alkanes of at least 4 members (excludes halogenated alkanes) is 7. The van der Waals surface area contributed by atoms with Crippen molar-refractivity contribution in [3.63, 3.8) is 0 Å². The van der Waals surface area contributed by atoms with Crippen molar-refractivity contribution in [3.8, 4) is 0 Å². The van der Waals surface area contributed by atoms with Gasteiger partial charge in [-0.2, -0.15) is 0 Å². The Morgan fingerprint density at radius 1 is 0.486 bits per heavy atom. The van der Waals surface area contributed by atoms with Crippen molar-refractivity contribution in [3.05, 3.63) is 63.3 Å². The maximum Gasteiger partial charge on any atom is 0.508 e. The van der Waals surface area contributed by atoms with Crippen molar-refractivity contribution in [2.24, 2.45) is 16.2 Å². The minimum atomic E-state index is -1.64. The van der Waals surface area contributed by atoms with Crippen LogP contribution in [-0.2, 0) is 71.3 Å². The van der Waals surface area contributed by atoms with Crippen molar-refractivity contribution in [2.45, 2.75) is 116 Å². The molecule has 0 spiro atoms. The Labute approximate surface area is 412 Å². The summed E-state index contributed by atoms with van der Waals surface area (Å²) in [5.41, 5.74) is -4.50. The summed E-state index contributed by atoms with van der Waals surface area (Å²) in [6.07, 6.45) is 11.6. The van der Waals surface area contributed by atoms with Crippen LogP contribution in [0.4, 0.5) is 14.4 Å². The zero-order valence-corrected chi connectivity index (χ0v) is 41.6. The van der Waals surface area contributed by atoms with Crippen molar-refractivity contribution in [1.29, 1.82) is 0 Å². The summed E-state index contributed by atoms with van der Waals surface area (Å²) in [7, 11) is 0. The zero-order valence-electron chi connectivity index (χ0n) is 41.6. The Morgan fingerprint density at radius 3 is 1.24 bits per heavy atom. The van der Waals surface area contributed by atoms with Gasteiger partial charge in [0, 0.05) is 42.0 Å². The van der Waals surface area contributed by atoms with Gasteiger partial charge >= 0.3 is 48.2 Å². The van der Waals surface area contributed by atoms with Crippen LogP contribution in [0.5, 0.6) is 0 Å². The predicted molar refractivity (Wildman–Crippen MR) is 255 cm³/mol. The highest BCUT2D eigenvalue weighted by Crippen LogP contribution is 2.41. The molecular formula is C50H76N2O18. The molecule has 2 N–H and O–H groups in total. The molecule has 2 atom stereocenters. The monoisotopic (exact) mass is 993 g/mol. The lowest BCUT2D eigenvalue weighted by Crippen LogP contribution is -2.58. The molecule has 2 unspecified atom stereocenters. The normalized spacial score (nSPS) is 16.1. The summed E-state index contributed by atoms with van der Waals surface area (Å²) in [6, 6.07) is -0.401. The first-order valence-electron chi connectivity index (χ1n) is 23.4. The van der Waals surface area contributed by atoms with Crippen LogP contribution in [0.15, 0.2) is 63.3 Å². The Morgan fingerprint density at radius 2 is 0.857 bits per heavy atom. The van der Waals surface area contributed by atoms with E-state index in [0.717, 1.165) is 68.9 Å². The van der Waals surface area contributed by atoms with E-state index < -0.39 is 123 Å². The molecule has 2 amide bonds. The van der Waals surface area contributed by atoms with Gasteiger partial charge in [0.25, 0.3) is 0 Å². The highest BCUT2D eigenvalue weighted by molar-refractivity contribution is 5.83. The lowest BCUT2D eigenvalue weighted by molar-refractivity contribution is -0.167. The molecule has 0 bridgehead atoms. The second-order valence-corrected chi connectivity index (χ2v) is 18.3. The van der Waals surface area contributed by atoms with E-state index in [1.165, 1.54) is 6.42 Å². The van der Waals surface area contributed by atoms with Crippen LogP contribution < -0.4 is 10.6 Å². The molecule has 0 saturated heterocycles. The minimum Gasteiger partial charge on any atom is -0.462 e. The Balaban J connectivity index is 3.07. The lowest BCUT2D eigenvalue weighted by Gasteiger charge is -2.46. The van der Waals surface area contributed by atoms with Crippen LogP contribution in [0, 0.1) is 16.2 Å². The van der Waals surface area contributed by atoms with E-state index in [-0.39, 0.29) is 18.6 Å². The number of esters is 5. The van der Waals surface area contributed by atoms with Gasteiger partial charge in [0.05, 0.1) is 43.9 Å². The Hall–Kier alpha value is -6.18. The maximum absolute atomic E-state index is 13.7. The number of ether oxygens (including phenoxy) is 10. The van der Waals surface area contributed by atoms with Gasteiger partial charge in [-0.15, -0.1) is 0 Å². The van der Waals surface area contributed by atoms with Crippen molar-refractivity contribution < 1.29 is 85.7 Å². The van der Waals surface area contributed by atoms with Crippen LogP contribution in [-0.4, -0.2) is 132 Å². The van der Waals surface area contributed by atoms with E-state index in [1.54, 1.807) is 6.92 Å². The maximum atomic E-state index is 13.7. The summed E-state index contributed by atoms with van der Waals surface area (Å²) in [5.74, 6) is -4.34. The molecule has 0 aromatic heterocycles. The standard InChI is InChI=1S/C50H76N2O18/c1-10-16-17-18-22-25-63-46(60)64-26-23-20-19-21-24-62-44(58)51-38-27-47(7,8)29-48(9,28-38)52-45(59)70-37-50(35-68-42(56)14-5,36-69-43(57)15-6)31-61-30-49(32-65-39(53)11-2,33-66-40(54)12-3)34-67-41(55)13-4/h11-15,38H,2-6,10,16-37H2,1,7-9H3,(H,51,58)(H,52,59). The molecule has 0 aliphatic heterocycles. The third-order valence-electron chi connectivity index (χ3n) is 10.8. The van der Waals surface area contributed by atoms with Gasteiger partial charge in [-0.25, -0.2) is 38.4 Å². The number of alkyl carbamates (subject to hydrolysis) is 2. The quantitative estimate of drug-likeness (QED) is 0.0275. The Kier molecular flexibility index (Phi) is 29.5. The number of carbonyl (C=O) groups is 8. The lowest BCUT2D eigenvalue weighted by atomic mass is 9.67. The minimum absolute atomic E-state index is 0.176. The van der Waals surface area contributed by atoms with Crippen LogP contribution >= 0.6 is 0 Å². The van der Waals surface area contributed by atoms with E-state index in [0.29, 0.717) is 38.7 Å². The first-order chi connectivity index (χ1) is 33.2. The SMILES string of the molecule is C=CC(=O)OCC(COCC(COC(=O)C=C)(COC(=O)C=C)COC(=O)NC1(C)CC(NC(=O)OCCCCCCOC(=O)OCCCCCCC)CC(C)(C)C1)(COC(=O)C=C)COC(=O)C=C. The van der Waals surface area contributed by atoms with Gasteiger partial charge in [0.1, 0.15) is 39.6 Å². The molecule has 70 heavy (non-hydrogen) atoms. The van der Waals surface area contributed by atoms with Gasteiger partial charge in [0.2, 0.25) is 0 Å². The fourth-order valence-corrected chi connectivity index (χ4v) is 7.57. The van der Waals surface area contributed by atoms with Crippen LogP contribution in [0.25, 0.3) is 0 Å². The number of carbonyl (C=O) groups excluding carboxylic acids is 8. The molecule has 1 fully saturated rings. The summed E-state index contributed by atoms with van der Waals surface area (Å²) in [5, 5.41) is 5.83. The molecule has 0 aromatic carbocycles. The van der Waals surface area contributed by atoms with Crippen molar-refractivity contribution in [2.75, 3.05) is 72.7 Å². The Bertz CT molecular complexity index is 1680. The average molecular weight is 993 g/mol. The molecule has 0 radical (unpaired) electrons. The van der Waals surface area contributed by atoms with Crippen LogP contribution in [0.2, 0.25) is 0 Å². The van der Waals surface area contributed by atoms with E-state index in [4.69, 9.17) is 47.4 Å². The third kappa shape index (κ3) is 27.1. The average Bonchev–Trinajstić information content (AvgIpc) is 3.32. The summed E-state index contributed by atoms with van der Waals surface area (Å²) < 4.78 is 54.1. The van der Waals surface area contributed by atoms with E-state index in [9.17, 15) is 38.4 Å². The molecule has 1 rings (SSSR count). The van der Waals surface area contributed by atoms with Gasteiger partial charge in [0.15, 0.2) is 0 Å². The topological polar surface area (TPSA) is 253 Å². The number of rotatable bonds is 36. The molecular weight excluding hydrogens is 917 g/mol. The molecule has 1 saturated carbocycles. The third-order valence-corrected chi connectivity index (χ3v) is 10.8. The summed E-state index contributed by atoms with van der Waals surface area (Å²) in [4.78, 5) is 99.6. The number of nitrogens with one attached hydrogen (secondary N) is 2. The smallest absolute Gasteiger partial charge is 0.462 e. The summed E-state index contributed by atoms with van der Waals surface area (Å²) in [6.45, 7) is 21.3. The van der Waals surface area contributed by atoms with E-state index in [2.05, 4.69) is 50.5 Å². The fraction of sp³-hybridized carbons (Fsp3) is 0.640. The van der Waals surface area contributed by atoms with Gasteiger partial charge in [-0.05, 0) is 63.7 Å². The molecule has 1 aliphatic carbocycles. The molecule has 0 aromatic rings. The fourth-order valence-electron chi connectivity index (χ4n) is 7.57. The first kappa shape index (κ1) is 61.8. The number of amides is 2. The van der Waals surface area contributed by atoms with Gasteiger partial charge in [-0.3, -0.25) is 0 Å². The van der Waals surface area contributed by atoms with E-state index in [1.807, 2.05) is 13.8 Å². The van der Waals surface area contributed by atoms with Crippen molar-refractivity contribution in [1.82, 2.24) is 10.6 Å². The number of hydrogen-bond acceptors (Lipinski definition) is 18.